The Morgan fingerprint density at radius 3 is 2.52 bits per heavy atom. The van der Waals surface area contributed by atoms with Crippen LogP contribution in [-0.4, -0.2) is 51.9 Å². The second-order valence-electron chi connectivity index (χ2n) is 7.21. The third-order valence-electron chi connectivity index (χ3n) is 5.33. The SMILES string of the molecule is Cl.O=C(c1cccc(S(=O)(=O)NCC2CC2)c1)N1C[C@H]2CNC[C@H]2C1. The van der Waals surface area contributed by atoms with Gasteiger partial charge in [0.05, 0.1) is 4.90 Å². The molecule has 138 valence electrons. The first kappa shape index (κ1) is 18.6. The van der Waals surface area contributed by atoms with Crippen LogP contribution in [0, 0.1) is 17.8 Å². The number of hydrogen-bond acceptors (Lipinski definition) is 4. The van der Waals surface area contributed by atoms with E-state index >= 15 is 0 Å². The van der Waals surface area contributed by atoms with Crippen LogP contribution >= 0.6 is 12.4 Å². The molecule has 4 rings (SSSR count). The van der Waals surface area contributed by atoms with Crippen LogP contribution in [-0.2, 0) is 10.0 Å². The molecule has 2 heterocycles. The third-order valence-corrected chi connectivity index (χ3v) is 6.75. The van der Waals surface area contributed by atoms with Crippen molar-refractivity contribution in [1.29, 1.82) is 0 Å². The Labute approximate surface area is 154 Å². The van der Waals surface area contributed by atoms with Crippen LogP contribution in [0.1, 0.15) is 23.2 Å². The maximum absolute atomic E-state index is 12.7. The first-order valence-electron chi connectivity index (χ1n) is 8.62. The molecule has 1 saturated carbocycles. The van der Waals surface area contributed by atoms with E-state index in [2.05, 4.69) is 10.0 Å². The summed E-state index contributed by atoms with van der Waals surface area (Å²) in [6.07, 6.45) is 2.18. The molecule has 1 aromatic carbocycles. The molecule has 0 unspecified atom stereocenters. The highest BCUT2D eigenvalue weighted by molar-refractivity contribution is 7.89. The van der Waals surface area contributed by atoms with Crippen LogP contribution in [0.15, 0.2) is 29.2 Å². The van der Waals surface area contributed by atoms with Crippen LogP contribution < -0.4 is 10.0 Å². The van der Waals surface area contributed by atoms with Crippen molar-refractivity contribution < 1.29 is 13.2 Å². The average Bonchev–Trinajstić information content (AvgIpc) is 3.16. The lowest BCUT2D eigenvalue weighted by atomic mass is 10.0. The first-order valence-corrected chi connectivity index (χ1v) is 10.1. The van der Waals surface area contributed by atoms with E-state index in [1.54, 1.807) is 18.2 Å². The van der Waals surface area contributed by atoms with Gasteiger partial charge in [-0.1, -0.05) is 6.07 Å². The zero-order valence-corrected chi connectivity index (χ0v) is 15.6. The minimum Gasteiger partial charge on any atom is -0.338 e. The number of carbonyl (C=O) groups excluding carboxylic acids is 1. The van der Waals surface area contributed by atoms with Gasteiger partial charge in [-0.2, -0.15) is 0 Å². The summed E-state index contributed by atoms with van der Waals surface area (Å²) in [5.41, 5.74) is 0.456. The van der Waals surface area contributed by atoms with Crippen molar-refractivity contribution in [2.45, 2.75) is 17.7 Å². The molecule has 0 aromatic heterocycles. The van der Waals surface area contributed by atoms with Crippen molar-refractivity contribution in [3.63, 3.8) is 0 Å². The molecule has 2 atom stereocenters. The summed E-state index contributed by atoms with van der Waals surface area (Å²) in [5, 5.41) is 3.36. The number of carbonyl (C=O) groups is 1. The summed E-state index contributed by atoms with van der Waals surface area (Å²) < 4.78 is 27.4. The lowest BCUT2D eigenvalue weighted by molar-refractivity contribution is 0.0781. The van der Waals surface area contributed by atoms with Crippen LogP contribution in [0.3, 0.4) is 0 Å². The Morgan fingerprint density at radius 1 is 1.20 bits per heavy atom. The van der Waals surface area contributed by atoms with Crippen molar-refractivity contribution >= 4 is 28.3 Å². The maximum Gasteiger partial charge on any atom is 0.253 e. The largest absolute Gasteiger partial charge is 0.338 e. The van der Waals surface area contributed by atoms with Gasteiger partial charge in [0.25, 0.3) is 5.91 Å². The fraction of sp³-hybridized carbons (Fsp3) is 0.588. The van der Waals surface area contributed by atoms with Crippen LogP contribution in [0.25, 0.3) is 0 Å². The number of likely N-dealkylation sites (tertiary alicyclic amines) is 1. The number of rotatable bonds is 5. The summed E-state index contributed by atoms with van der Waals surface area (Å²) in [6, 6.07) is 6.41. The number of hydrogen-bond donors (Lipinski definition) is 2. The topological polar surface area (TPSA) is 78.5 Å². The molecule has 1 amide bonds. The summed E-state index contributed by atoms with van der Waals surface area (Å²) in [4.78, 5) is 14.8. The fourth-order valence-corrected chi connectivity index (χ4v) is 4.79. The molecular formula is C17H24ClN3O3S. The lowest BCUT2D eigenvalue weighted by Gasteiger charge is -2.18. The summed E-state index contributed by atoms with van der Waals surface area (Å²) in [5.74, 6) is 1.47. The molecule has 8 heteroatoms. The molecule has 2 N–H and O–H groups in total. The van der Waals surface area contributed by atoms with Gasteiger partial charge in [0, 0.05) is 38.3 Å². The van der Waals surface area contributed by atoms with Gasteiger partial charge in [0.2, 0.25) is 10.0 Å². The zero-order chi connectivity index (χ0) is 16.7. The monoisotopic (exact) mass is 385 g/mol. The number of amides is 1. The first-order chi connectivity index (χ1) is 11.5. The molecular weight excluding hydrogens is 362 g/mol. The number of nitrogens with zero attached hydrogens (tertiary/aromatic N) is 1. The van der Waals surface area contributed by atoms with Crippen molar-refractivity contribution in [3.05, 3.63) is 29.8 Å². The second kappa shape index (κ2) is 7.23. The molecule has 3 aliphatic rings. The van der Waals surface area contributed by atoms with Crippen LogP contribution in [0.4, 0.5) is 0 Å². The molecule has 1 aliphatic carbocycles. The molecule has 6 nitrogen and oxygen atoms in total. The Bertz CT molecular complexity index is 739. The van der Waals surface area contributed by atoms with Crippen molar-refractivity contribution in [2.24, 2.45) is 17.8 Å². The number of benzene rings is 1. The van der Waals surface area contributed by atoms with Gasteiger partial charge in [-0.15, -0.1) is 12.4 Å². The molecule has 3 fully saturated rings. The van der Waals surface area contributed by atoms with E-state index in [1.807, 2.05) is 4.90 Å². The van der Waals surface area contributed by atoms with Gasteiger partial charge >= 0.3 is 0 Å². The van der Waals surface area contributed by atoms with Gasteiger partial charge in [-0.05, 0) is 48.8 Å². The standard InChI is InChI=1S/C17H23N3O3S.ClH/c21-17(20-10-14-8-18-9-15(14)11-20)13-2-1-3-16(6-13)24(22,23)19-7-12-4-5-12;/h1-3,6,12,14-15,18-19H,4-5,7-11H2;1H/t14-,15+;. The summed E-state index contributed by atoms with van der Waals surface area (Å²) >= 11 is 0. The Balaban J connectivity index is 0.00000182. The van der Waals surface area contributed by atoms with Gasteiger partial charge in [0.1, 0.15) is 0 Å². The highest BCUT2D eigenvalue weighted by Gasteiger charge is 2.38. The molecule has 2 aliphatic heterocycles. The van der Waals surface area contributed by atoms with E-state index in [0.29, 0.717) is 29.9 Å². The highest BCUT2D eigenvalue weighted by atomic mass is 35.5. The van der Waals surface area contributed by atoms with Crippen molar-refractivity contribution in [1.82, 2.24) is 14.9 Å². The average molecular weight is 386 g/mol. The lowest BCUT2D eigenvalue weighted by Crippen LogP contribution is -2.32. The molecule has 25 heavy (non-hydrogen) atoms. The number of fused-ring (bicyclic) bond motifs is 1. The van der Waals surface area contributed by atoms with Gasteiger partial charge in [0.15, 0.2) is 0 Å². The van der Waals surface area contributed by atoms with E-state index in [4.69, 9.17) is 0 Å². The van der Waals surface area contributed by atoms with E-state index in [-0.39, 0.29) is 23.2 Å². The smallest absolute Gasteiger partial charge is 0.253 e. The Kier molecular flexibility index (Phi) is 5.39. The Hall–Kier alpha value is -1.15. The molecule has 0 radical (unpaired) electrons. The van der Waals surface area contributed by atoms with Crippen molar-refractivity contribution in [3.8, 4) is 0 Å². The predicted octanol–water partition coefficient (Wildman–Crippen LogP) is 1.09. The fourth-order valence-electron chi connectivity index (χ4n) is 3.63. The van der Waals surface area contributed by atoms with E-state index in [1.165, 1.54) is 6.07 Å². The van der Waals surface area contributed by atoms with Gasteiger partial charge < -0.3 is 10.2 Å². The molecule has 0 spiro atoms. The normalized spacial score (nSPS) is 25.5. The van der Waals surface area contributed by atoms with E-state index in [0.717, 1.165) is 39.0 Å². The summed E-state index contributed by atoms with van der Waals surface area (Å²) in [6.45, 7) is 3.94. The van der Waals surface area contributed by atoms with E-state index < -0.39 is 10.0 Å². The summed E-state index contributed by atoms with van der Waals surface area (Å²) in [7, 11) is -3.54. The molecule has 0 bridgehead atoms. The molecule has 2 saturated heterocycles. The van der Waals surface area contributed by atoms with Crippen molar-refractivity contribution in [2.75, 3.05) is 32.7 Å². The minimum absolute atomic E-state index is 0. The highest BCUT2D eigenvalue weighted by Crippen LogP contribution is 2.29. The Morgan fingerprint density at radius 2 is 1.88 bits per heavy atom. The predicted molar refractivity (Wildman–Crippen MR) is 97.4 cm³/mol. The maximum atomic E-state index is 12.7. The number of nitrogens with one attached hydrogen (secondary N) is 2. The van der Waals surface area contributed by atoms with Crippen LogP contribution in [0.5, 0.6) is 0 Å². The number of halogens is 1. The minimum atomic E-state index is -3.54. The van der Waals surface area contributed by atoms with Gasteiger partial charge in [-0.25, -0.2) is 13.1 Å². The molecule has 1 aromatic rings. The number of sulfonamides is 1. The zero-order valence-electron chi connectivity index (χ0n) is 14.0. The van der Waals surface area contributed by atoms with Crippen LogP contribution in [0.2, 0.25) is 0 Å². The van der Waals surface area contributed by atoms with E-state index in [9.17, 15) is 13.2 Å². The quantitative estimate of drug-likeness (QED) is 0.795. The second-order valence-corrected chi connectivity index (χ2v) is 8.98. The third kappa shape index (κ3) is 4.00. The van der Waals surface area contributed by atoms with Gasteiger partial charge in [-0.3, -0.25) is 4.79 Å².